The van der Waals surface area contributed by atoms with E-state index >= 15 is 0 Å². The Hall–Kier alpha value is -0.770. The summed E-state index contributed by atoms with van der Waals surface area (Å²) in [6, 6.07) is 0.242. The molecule has 1 aliphatic rings. The average molecular weight is 129 g/mol. The largest absolute Gasteiger partial charge is 0.341 e. The third-order valence-corrected chi connectivity index (χ3v) is 1.34. The van der Waals surface area contributed by atoms with Gasteiger partial charge in [-0.2, -0.15) is 0 Å². The molecule has 1 aliphatic heterocycles. The monoisotopic (exact) mass is 129 g/mol. The van der Waals surface area contributed by atoms with E-state index in [0.29, 0.717) is 6.04 Å². The minimum Gasteiger partial charge on any atom is -0.341 e. The number of nitrogens with one attached hydrogen (secondary N) is 3. The van der Waals surface area contributed by atoms with E-state index in [9.17, 15) is 4.79 Å². The molecule has 0 unspecified atom stereocenters. The summed E-state index contributed by atoms with van der Waals surface area (Å²) in [6.45, 7) is 1.79. The van der Waals surface area contributed by atoms with Crippen molar-refractivity contribution in [2.45, 2.75) is 6.04 Å². The molecule has 1 fully saturated rings. The Kier molecular flexibility index (Phi) is 1.89. The van der Waals surface area contributed by atoms with Crippen molar-refractivity contribution in [3.05, 3.63) is 0 Å². The van der Waals surface area contributed by atoms with E-state index in [4.69, 9.17) is 0 Å². The van der Waals surface area contributed by atoms with Crippen LogP contribution in [0, 0.1) is 0 Å². The quantitative estimate of drug-likeness (QED) is 0.420. The van der Waals surface area contributed by atoms with Gasteiger partial charge in [-0.05, 0) is 0 Å². The van der Waals surface area contributed by atoms with Crippen molar-refractivity contribution in [2.24, 2.45) is 0 Å². The van der Waals surface area contributed by atoms with Crippen LogP contribution in [0.15, 0.2) is 0 Å². The molecule has 9 heavy (non-hydrogen) atoms. The molecule has 1 saturated heterocycles. The maximum Gasteiger partial charge on any atom is 0.314 e. The number of hydrogen-bond donors (Lipinski definition) is 3. The second-order valence-electron chi connectivity index (χ2n) is 2.08. The molecular formula is C5H11N3O. The summed E-state index contributed by atoms with van der Waals surface area (Å²) in [6.07, 6.45) is 0. The summed E-state index contributed by atoms with van der Waals surface area (Å²) in [5.74, 6) is 0. The highest BCUT2D eigenvalue weighted by Gasteiger charge is 2.17. The van der Waals surface area contributed by atoms with Gasteiger partial charge >= 0.3 is 6.03 Å². The van der Waals surface area contributed by atoms with Gasteiger partial charge in [-0.25, -0.2) is 4.79 Å². The lowest BCUT2D eigenvalue weighted by molar-refractivity contribution is 0.233. The molecule has 1 heterocycles. The van der Waals surface area contributed by atoms with Crippen molar-refractivity contribution in [3.63, 3.8) is 0 Å². The van der Waals surface area contributed by atoms with Crippen molar-refractivity contribution >= 4 is 6.03 Å². The van der Waals surface area contributed by atoms with Crippen molar-refractivity contribution < 1.29 is 4.79 Å². The zero-order valence-electron chi connectivity index (χ0n) is 5.40. The lowest BCUT2D eigenvalue weighted by Crippen LogP contribution is -2.58. The molecule has 4 heteroatoms. The van der Waals surface area contributed by atoms with Gasteiger partial charge in [0.15, 0.2) is 0 Å². The molecule has 0 spiro atoms. The minimum absolute atomic E-state index is 0.0958. The van der Waals surface area contributed by atoms with Crippen molar-refractivity contribution in [1.29, 1.82) is 0 Å². The first-order valence-electron chi connectivity index (χ1n) is 3.02. The Balaban J connectivity index is 2.09. The molecule has 0 radical (unpaired) electrons. The lowest BCUT2D eigenvalue weighted by Gasteiger charge is -2.27. The number of carbonyl (C=O) groups is 1. The first kappa shape index (κ1) is 6.35. The fourth-order valence-electron chi connectivity index (χ4n) is 0.648. The van der Waals surface area contributed by atoms with Gasteiger partial charge in [0, 0.05) is 20.1 Å². The van der Waals surface area contributed by atoms with Crippen LogP contribution in [0.4, 0.5) is 4.79 Å². The third-order valence-electron chi connectivity index (χ3n) is 1.34. The molecule has 52 valence electrons. The second-order valence-corrected chi connectivity index (χ2v) is 2.08. The highest BCUT2D eigenvalue weighted by Crippen LogP contribution is 1.88. The van der Waals surface area contributed by atoms with Crippen LogP contribution >= 0.6 is 0 Å². The van der Waals surface area contributed by atoms with E-state index in [1.165, 1.54) is 0 Å². The average Bonchev–Trinajstić information content (AvgIpc) is 1.78. The Bertz CT molecular complexity index is 111. The predicted octanol–water partition coefficient (Wildman–Crippen LogP) is -1.11. The van der Waals surface area contributed by atoms with Crippen LogP contribution in [-0.4, -0.2) is 32.2 Å². The molecule has 2 amide bonds. The molecule has 0 aromatic carbocycles. The summed E-state index contributed by atoms with van der Waals surface area (Å²) < 4.78 is 0. The number of amides is 2. The number of carbonyl (C=O) groups excluding carboxylic acids is 1. The minimum atomic E-state index is -0.0958. The third kappa shape index (κ3) is 1.57. The molecule has 4 nitrogen and oxygen atoms in total. The van der Waals surface area contributed by atoms with Gasteiger partial charge in [0.25, 0.3) is 0 Å². The van der Waals surface area contributed by atoms with E-state index < -0.39 is 0 Å². The standard InChI is InChI=1S/C5H11N3O/c1-6-5(9)8-4-2-7-3-4/h4,7H,2-3H2,1H3,(H2,6,8,9). The summed E-state index contributed by atoms with van der Waals surface area (Å²) in [4.78, 5) is 10.6. The van der Waals surface area contributed by atoms with Crippen molar-refractivity contribution in [2.75, 3.05) is 20.1 Å². The van der Waals surface area contributed by atoms with Crippen LogP contribution in [0.25, 0.3) is 0 Å². The highest BCUT2D eigenvalue weighted by atomic mass is 16.2. The van der Waals surface area contributed by atoms with E-state index in [-0.39, 0.29) is 6.03 Å². The normalized spacial score (nSPS) is 18.3. The Morgan fingerprint density at radius 3 is 2.67 bits per heavy atom. The van der Waals surface area contributed by atoms with Gasteiger partial charge in [-0.15, -0.1) is 0 Å². The highest BCUT2D eigenvalue weighted by molar-refractivity contribution is 5.73. The Morgan fingerprint density at radius 1 is 1.67 bits per heavy atom. The van der Waals surface area contributed by atoms with Crippen molar-refractivity contribution in [1.82, 2.24) is 16.0 Å². The topological polar surface area (TPSA) is 53.2 Å². The summed E-state index contributed by atoms with van der Waals surface area (Å²) in [7, 11) is 1.61. The first-order valence-corrected chi connectivity index (χ1v) is 3.02. The molecule has 0 atom stereocenters. The molecule has 0 saturated carbocycles. The lowest BCUT2D eigenvalue weighted by atomic mass is 10.2. The Morgan fingerprint density at radius 2 is 2.33 bits per heavy atom. The SMILES string of the molecule is CNC(=O)NC1CNC1. The van der Waals surface area contributed by atoms with E-state index in [0.717, 1.165) is 13.1 Å². The van der Waals surface area contributed by atoms with Crippen LogP contribution < -0.4 is 16.0 Å². The molecule has 0 aromatic rings. The van der Waals surface area contributed by atoms with Crippen LogP contribution in [-0.2, 0) is 0 Å². The second kappa shape index (κ2) is 2.68. The van der Waals surface area contributed by atoms with Gasteiger partial charge in [0.05, 0.1) is 6.04 Å². The molecule has 3 N–H and O–H groups in total. The zero-order valence-corrected chi connectivity index (χ0v) is 5.40. The number of rotatable bonds is 1. The van der Waals surface area contributed by atoms with Gasteiger partial charge in [0.1, 0.15) is 0 Å². The van der Waals surface area contributed by atoms with Gasteiger partial charge in [0.2, 0.25) is 0 Å². The van der Waals surface area contributed by atoms with Crippen LogP contribution in [0.1, 0.15) is 0 Å². The molecule has 1 rings (SSSR count). The van der Waals surface area contributed by atoms with Crippen LogP contribution in [0.5, 0.6) is 0 Å². The first-order chi connectivity index (χ1) is 4.33. The van der Waals surface area contributed by atoms with Gasteiger partial charge in [-0.1, -0.05) is 0 Å². The van der Waals surface area contributed by atoms with E-state index in [1.54, 1.807) is 7.05 Å². The Labute approximate surface area is 54.0 Å². The van der Waals surface area contributed by atoms with E-state index in [1.807, 2.05) is 0 Å². The molecular weight excluding hydrogens is 118 g/mol. The van der Waals surface area contributed by atoms with Gasteiger partial charge < -0.3 is 16.0 Å². The fraction of sp³-hybridized carbons (Fsp3) is 0.800. The number of hydrogen-bond acceptors (Lipinski definition) is 2. The van der Waals surface area contributed by atoms with Crippen molar-refractivity contribution in [3.8, 4) is 0 Å². The molecule has 0 aliphatic carbocycles. The smallest absolute Gasteiger partial charge is 0.314 e. The maximum absolute atomic E-state index is 10.6. The zero-order chi connectivity index (χ0) is 6.69. The summed E-state index contributed by atoms with van der Waals surface area (Å²) in [5.41, 5.74) is 0. The summed E-state index contributed by atoms with van der Waals surface area (Å²) in [5, 5.41) is 8.29. The van der Waals surface area contributed by atoms with Crippen LogP contribution in [0.3, 0.4) is 0 Å². The maximum atomic E-state index is 10.6. The molecule has 0 bridgehead atoms. The van der Waals surface area contributed by atoms with E-state index in [2.05, 4.69) is 16.0 Å². The molecule has 0 aromatic heterocycles. The van der Waals surface area contributed by atoms with Gasteiger partial charge in [-0.3, -0.25) is 0 Å². The van der Waals surface area contributed by atoms with Crippen LogP contribution in [0.2, 0.25) is 0 Å². The summed E-state index contributed by atoms with van der Waals surface area (Å²) >= 11 is 0. The number of urea groups is 1. The fourth-order valence-corrected chi connectivity index (χ4v) is 0.648. The predicted molar refractivity (Wildman–Crippen MR) is 34.2 cm³/mol.